The van der Waals surface area contributed by atoms with Gasteiger partial charge in [-0.1, -0.05) is 41.9 Å². The van der Waals surface area contributed by atoms with E-state index in [9.17, 15) is 9.59 Å². The lowest BCUT2D eigenvalue weighted by Crippen LogP contribution is -2.06. The number of carbonyl (C=O) groups is 2. The topological polar surface area (TPSA) is 43.4 Å². The molecule has 0 N–H and O–H groups in total. The Morgan fingerprint density at radius 3 is 2.45 bits per heavy atom. The largest absolute Gasteiger partial charge is 0.488 e. The van der Waals surface area contributed by atoms with Crippen LogP contribution < -0.4 is 4.74 Å². The molecule has 0 aromatic heterocycles. The smallest absolute Gasteiger partial charge is 0.167 e. The molecule has 0 spiro atoms. The lowest BCUT2D eigenvalue weighted by molar-refractivity contribution is -0.116. The van der Waals surface area contributed by atoms with Crippen molar-refractivity contribution in [3.05, 3.63) is 64.7 Å². The van der Waals surface area contributed by atoms with Gasteiger partial charge in [0.05, 0.1) is 5.56 Å². The molecule has 3 nitrogen and oxygen atoms in total. The maximum atomic E-state index is 12.2. The lowest BCUT2D eigenvalue weighted by Gasteiger charge is -2.11. The number of Topliss-reactive ketones (excluding diaryl/α,β-unsaturated/α-hetero) is 2. The predicted octanol–water partition coefficient (Wildman–Crippen LogP) is 4.47. The highest BCUT2D eigenvalue weighted by Gasteiger charge is 2.14. The Morgan fingerprint density at radius 2 is 1.77 bits per heavy atom. The molecule has 0 amide bonds. The molecular formula is C18H17ClO3. The summed E-state index contributed by atoms with van der Waals surface area (Å²) in [5.74, 6) is 0.338. The van der Waals surface area contributed by atoms with Gasteiger partial charge in [-0.15, -0.1) is 0 Å². The summed E-state index contributed by atoms with van der Waals surface area (Å²) in [6.45, 7) is 1.84. The summed E-state index contributed by atoms with van der Waals surface area (Å²) in [6.07, 6.45) is 0.390. The Hall–Kier alpha value is -2.13. The van der Waals surface area contributed by atoms with Crippen molar-refractivity contribution in [2.75, 3.05) is 0 Å². The second-order valence-corrected chi connectivity index (χ2v) is 5.48. The van der Waals surface area contributed by atoms with Crippen LogP contribution in [0.25, 0.3) is 0 Å². The van der Waals surface area contributed by atoms with Gasteiger partial charge in [0.25, 0.3) is 0 Å². The second-order valence-electron chi connectivity index (χ2n) is 5.04. The van der Waals surface area contributed by atoms with Gasteiger partial charge in [-0.05, 0) is 30.7 Å². The van der Waals surface area contributed by atoms with E-state index in [4.69, 9.17) is 16.3 Å². The van der Waals surface area contributed by atoms with E-state index >= 15 is 0 Å². The van der Waals surface area contributed by atoms with E-state index in [-0.39, 0.29) is 24.4 Å². The predicted molar refractivity (Wildman–Crippen MR) is 86.5 cm³/mol. The van der Waals surface area contributed by atoms with Crippen molar-refractivity contribution in [2.24, 2.45) is 0 Å². The first-order chi connectivity index (χ1) is 10.6. The van der Waals surface area contributed by atoms with E-state index in [0.29, 0.717) is 22.9 Å². The lowest BCUT2D eigenvalue weighted by atomic mass is 10.0. The van der Waals surface area contributed by atoms with Crippen molar-refractivity contribution in [3.63, 3.8) is 0 Å². The first kappa shape index (κ1) is 16.2. The third kappa shape index (κ3) is 4.71. The SMILES string of the molecule is CC(=O)CCC(=O)c1cc(Cl)ccc1OCc1ccccc1. The molecule has 0 saturated carbocycles. The zero-order valence-electron chi connectivity index (χ0n) is 12.3. The van der Waals surface area contributed by atoms with Crippen LogP contribution in [0.3, 0.4) is 0 Å². The van der Waals surface area contributed by atoms with E-state index in [0.717, 1.165) is 5.56 Å². The molecular weight excluding hydrogens is 300 g/mol. The zero-order chi connectivity index (χ0) is 15.9. The molecule has 0 saturated heterocycles. The van der Waals surface area contributed by atoms with Crippen molar-refractivity contribution < 1.29 is 14.3 Å². The van der Waals surface area contributed by atoms with Crippen LogP contribution in [0.1, 0.15) is 35.7 Å². The number of ketones is 2. The number of benzene rings is 2. The van der Waals surface area contributed by atoms with E-state index in [1.165, 1.54) is 6.92 Å². The Morgan fingerprint density at radius 1 is 1.05 bits per heavy atom. The highest BCUT2D eigenvalue weighted by Crippen LogP contribution is 2.25. The number of hydrogen-bond acceptors (Lipinski definition) is 3. The molecule has 0 fully saturated rings. The van der Waals surface area contributed by atoms with Gasteiger partial charge in [-0.3, -0.25) is 4.79 Å². The van der Waals surface area contributed by atoms with Crippen molar-refractivity contribution in [1.29, 1.82) is 0 Å². The van der Waals surface area contributed by atoms with Crippen molar-refractivity contribution >= 4 is 23.2 Å². The van der Waals surface area contributed by atoms with Gasteiger partial charge in [0.2, 0.25) is 0 Å². The molecule has 0 atom stereocenters. The van der Waals surface area contributed by atoms with Crippen LogP contribution in [-0.2, 0) is 11.4 Å². The summed E-state index contributed by atoms with van der Waals surface area (Å²) < 4.78 is 5.74. The minimum atomic E-state index is -0.138. The Labute approximate surface area is 134 Å². The summed E-state index contributed by atoms with van der Waals surface area (Å²) in [6, 6.07) is 14.7. The highest BCUT2D eigenvalue weighted by atomic mass is 35.5. The van der Waals surface area contributed by atoms with Crippen molar-refractivity contribution in [1.82, 2.24) is 0 Å². The van der Waals surface area contributed by atoms with E-state index < -0.39 is 0 Å². The second kappa shape index (κ2) is 7.76. The van der Waals surface area contributed by atoms with Gasteiger partial charge >= 0.3 is 0 Å². The van der Waals surface area contributed by atoms with E-state index in [2.05, 4.69) is 0 Å². The Kier molecular flexibility index (Phi) is 5.73. The molecule has 0 unspecified atom stereocenters. The van der Waals surface area contributed by atoms with Crippen LogP contribution >= 0.6 is 11.6 Å². The normalized spacial score (nSPS) is 10.3. The molecule has 4 heteroatoms. The van der Waals surface area contributed by atoms with Gasteiger partial charge in [0, 0.05) is 17.9 Å². The van der Waals surface area contributed by atoms with Gasteiger partial charge in [0.15, 0.2) is 5.78 Å². The summed E-state index contributed by atoms with van der Waals surface area (Å²) in [7, 11) is 0. The summed E-state index contributed by atoms with van der Waals surface area (Å²) >= 11 is 5.97. The minimum absolute atomic E-state index is 0.0119. The number of hydrogen-bond donors (Lipinski definition) is 0. The molecule has 0 aliphatic rings. The van der Waals surface area contributed by atoms with E-state index in [1.807, 2.05) is 30.3 Å². The molecule has 114 valence electrons. The van der Waals surface area contributed by atoms with Gasteiger partial charge in [-0.25, -0.2) is 0 Å². The van der Waals surface area contributed by atoms with Crippen LogP contribution in [0.2, 0.25) is 5.02 Å². The van der Waals surface area contributed by atoms with Crippen molar-refractivity contribution in [3.8, 4) is 5.75 Å². The molecule has 0 heterocycles. The average molecular weight is 317 g/mol. The minimum Gasteiger partial charge on any atom is -0.488 e. The third-order valence-corrected chi connectivity index (χ3v) is 3.42. The molecule has 2 rings (SSSR count). The fourth-order valence-corrected chi connectivity index (χ4v) is 2.18. The van der Waals surface area contributed by atoms with Crippen LogP contribution in [0, 0.1) is 0 Å². The number of carbonyl (C=O) groups excluding carboxylic acids is 2. The standard InChI is InChI=1S/C18H17ClO3/c1-13(20)7-9-17(21)16-11-15(19)8-10-18(16)22-12-14-5-3-2-4-6-14/h2-6,8,10-11H,7,9,12H2,1H3. The first-order valence-corrected chi connectivity index (χ1v) is 7.43. The van der Waals surface area contributed by atoms with Crippen LogP contribution in [0.4, 0.5) is 0 Å². The molecule has 2 aromatic carbocycles. The molecule has 0 aliphatic carbocycles. The van der Waals surface area contributed by atoms with Gasteiger partial charge in [0.1, 0.15) is 18.1 Å². The van der Waals surface area contributed by atoms with Gasteiger partial charge < -0.3 is 9.53 Å². The first-order valence-electron chi connectivity index (χ1n) is 7.05. The molecule has 0 bridgehead atoms. The number of ether oxygens (including phenoxy) is 1. The summed E-state index contributed by atoms with van der Waals surface area (Å²) in [5.41, 5.74) is 1.43. The highest BCUT2D eigenvalue weighted by molar-refractivity contribution is 6.31. The molecule has 0 aliphatic heterocycles. The monoisotopic (exact) mass is 316 g/mol. The van der Waals surface area contributed by atoms with Crippen LogP contribution in [0.5, 0.6) is 5.75 Å². The maximum absolute atomic E-state index is 12.2. The van der Waals surface area contributed by atoms with Crippen LogP contribution in [-0.4, -0.2) is 11.6 Å². The Bertz CT molecular complexity index is 665. The third-order valence-electron chi connectivity index (χ3n) is 3.18. The average Bonchev–Trinajstić information content (AvgIpc) is 2.52. The zero-order valence-corrected chi connectivity index (χ0v) is 13.1. The number of halogens is 1. The van der Waals surface area contributed by atoms with E-state index in [1.54, 1.807) is 18.2 Å². The molecule has 2 aromatic rings. The fraction of sp³-hybridized carbons (Fsp3) is 0.222. The summed E-state index contributed by atoms with van der Waals surface area (Å²) in [5, 5.41) is 0.471. The molecule has 22 heavy (non-hydrogen) atoms. The van der Waals surface area contributed by atoms with Crippen molar-refractivity contribution in [2.45, 2.75) is 26.4 Å². The number of rotatable bonds is 7. The van der Waals surface area contributed by atoms with Gasteiger partial charge in [-0.2, -0.15) is 0 Å². The Balaban J connectivity index is 2.13. The van der Waals surface area contributed by atoms with Crippen LogP contribution in [0.15, 0.2) is 48.5 Å². The molecule has 0 radical (unpaired) electrons. The fourth-order valence-electron chi connectivity index (χ4n) is 2.01. The quantitative estimate of drug-likeness (QED) is 0.708. The maximum Gasteiger partial charge on any atom is 0.167 e. The summed E-state index contributed by atoms with van der Waals surface area (Å²) in [4.78, 5) is 23.3.